The summed E-state index contributed by atoms with van der Waals surface area (Å²) < 4.78 is 3.39. The fourth-order valence-corrected chi connectivity index (χ4v) is 6.24. The first-order valence-corrected chi connectivity index (χ1v) is 13.9. The van der Waals surface area contributed by atoms with Crippen LogP contribution in [-0.4, -0.2) is 24.5 Å². The first kappa shape index (κ1) is 22.8. The predicted octanol–water partition coefficient (Wildman–Crippen LogP) is 8.58. The Balaban J connectivity index is 1.16. The summed E-state index contributed by atoms with van der Waals surface area (Å²) >= 11 is 1.71. The Bertz CT molecular complexity index is 2090. The average Bonchev–Trinajstić information content (AvgIpc) is 3.61. The Morgan fingerprint density at radius 3 is 2.15 bits per heavy atom. The van der Waals surface area contributed by atoms with Crippen LogP contribution in [0, 0.1) is 0 Å². The normalized spacial score (nSPS) is 11.5. The number of hydrogen-bond donors (Lipinski definition) is 0. The first-order chi connectivity index (χ1) is 19.8. The summed E-state index contributed by atoms with van der Waals surface area (Å²) in [6.07, 6.45) is 3.75. The summed E-state index contributed by atoms with van der Waals surface area (Å²) in [6.45, 7) is 0. The molecule has 0 bridgehead atoms. The van der Waals surface area contributed by atoms with E-state index in [2.05, 4.69) is 76.3 Å². The van der Waals surface area contributed by atoms with Crippen LogP contribution >= 0.6 is 11.3 Å². The molecule has 5 nitrogen and oxygen atoms in total. The minimum Gasteiger partial charge on any atom is -0.294 e. The maximum Gasteiger partial charge on any atom is 0.138 e. The van der Waals surface area contributed by atoms with E-state index < -0.39 is 0 Å². The second-order valence-corrected chi connectivity index (χ2v) is 10.6. The number of thiazole rings is 1. The van der Waals surface area contributed by atoms with Crippen molar-refractivity contribution in [2.45, 2.75) is 0 Å². The summed E-state index contributed by atoms with van der Waals surface area (Å²) in [6, 6.07) is 39.3. The Morgan fingerprint density at radius 2 is 1.25 bits per heavy atom. The van der Waals surface area contributed by atoms with Crippen molar-refractivity contribution >= 4 is 43.4 Å². The van der Waals surface area contributed by atoms with Crippen molar-refractivity contribution in [1.82, 2.24) is 24.5 Å². The highest BCUT2D eigenvalue weighted by molar-refractivity contribution is 7.21. The highest BCUT2D eigenvalue weighted by Crippen LogP contribution is 2.33. The zero-order chi connectivity index (χ0) is 26.5. The third-order valence-corrected chi connectivity index (χ3v) is 8.26. The van der Waals surface area contributed by atoms with Crippen LogP contribution in [0.1, 0.15) is 0 Å². The second kappa shape index (κ2) is 9.22. The van der Waals surface area contributed by atoms with Crippen molar-refractivity contribution in [3.8, 4) is 39.0 Å². The lowest BCUT2D eigenvalue weighted by atomic mass is 10.1. The summed E-state index contributed by atoms with van der Waals surface area (Å²) in [5.74, 6) is 0.849. The molecule has 188 valence electrons. The van der Waals surface area contributed by atoms with Crippen LogP contribution in [0.25, 0.3) is 71.1 Å². The van der Waals surface area contributed by atoms with Crippen LogP contribution in [0.5, 0.6) is 0 Å². The molecule has 0 saturated carbocycles. The van der Waals surface area contributed by atoms with Gasteiger partial charge in [-0.2, -0.15) is 0 Å². The van der Waals surface area contributed by atoms with Crippen molar-refractivity contribution < 1.29 is 0 Å². The van der Waals surface area contributed by atoms with E-state index in [-0.39, 0.29) is 0 Å². The summed E-state index contributed by atoms with van der Waals surface area (Å²) in [4.78, 5) is 19.2. The highest BCUT2D eigenvalue weighted by atomic mass is 32.1. The number of benzene rings is 3. The lowest BCUT2D eigenvalue weighted by molar-refractivity contribution is 1.08. The standard InChI is InChI=1S/C34H21N5S/c1-3-12-30-24(7-1)25-21-35-20-19-31(25)39(30)33-14-6-11-28(37-33)27-10-5-9-26(36-27)22-15-17-23(18-16-22)34-38-29-8-2-4-13-32(29)40-34/h1-21H. The Hall–Kier alpha value is -5.20. The van der Waals surface area contributed by atoms with E-state index in [1.54, 1.807) is 11.3 Å². The molecule has 6 heteroatoms. The molecule has 0 fully saturated rings. The van der Waals surface area contributed by atoms with Gasteiger partial charge in [0.05, 0.1) is 38.3 Å². The molecule has 5 aromatic heterocycles. The Kier molecular flexibility index (Phi) is 5.24. The van der Waals surface area contributed by atoms with Gasteiger partial charge in [-0.15, -0.1) is 11.3 Å². The predicted molar refractivity (Wildman–Crippen MR) is 164 cm³/mol. The summed E-state index contributed by atoms with van der Waals surface area (Å²) in [7, 11) is 0. The quantitative estimate of drug-likeness (QED) is 0.228. The van der Waals surface area contributed by atoms with E-state index in [4.69, 9.17) is 15.0 Å². The zero-order valence-electron chi connectivity index (χ0n) is 21.3. The fraction of sp³-hybridized carbons (Fsp3) is 0. The number of aromatic nitrogens is 5. The van der Waals surface area contributed by atoms with Crippen molar-refractivity contribution in [2.24, 2.45) is 0 Å². The smallest absolute Gasteiger partial charge is 0.138 e. The second-order valence-electron chi connectivity index (χ2n) is 9.60. The van der Waals surface area contributed by atoms with Gasteiger partial charge in [-0.3, -0.25) is 9.55 Å². The molecule has 40 heavy (non-hydrogen) atoms. The van der Waals surface area contributed by atoms with Gasteiger partial charge in [0.25, 0.3) is 0 Å². The van der Waals surface area contributed by atoms with E-state index in [1.807, 2.05) is 60.9 Å². The molecule has 0 spiro atoms. The Labute approximate surface area is 234 Å². The van der Waals surface area contributed by atoms with Crippen LogP contribution < -0.4 is 0 Å². The fourth-order valence-electron chi connectivity index (χ4n) is 5.27. The van der Waals surface area contributed by atoms with E-state index in [0.29, 0.717) is 0 Å². The number of pyridine rings is 3. The third-order valence-electron chi connectivity index (χ3n) is 7.17. The van der Waals surface area contributed by atoms with E-state index in [9.17, 15) is 0 Å². The molecule has 0 atom stereocenters. The molecule has 5 heterocycles. The minimum atomic E-state index is 0.824. The molecule has 0 N–H and O–H groups in total. The van der Waals surface area contributed by atoms with Crippen molar-refractivity contribution in [3.05, 3.63) is 128 Å². The molecule has 0 aliphatic carbocycles. The van der Waals surface area contributed by atoms with Gasteiger partial charge in [-0.05, 0) is 48.5 Å². The number of hydrogen-bond acceptors (Lipinski definition) is 5. The van der Waals surface area contributed by atoms with Gasteiger partial charge >= 0.3 is 0 Å². The molecule has 0 amide bonds. The molecule has 0 unspecified atom stereocenters. The monoisotopic (exact) mass is 531 g/mol. The topological polar surface area (TPSA) is 56.5 Å². The van der Waals surface area contributed by atoms with Crippen molar-refractivity contribution in [2.75, 3.05) is 0 Å². The van der Waals surface area contributed by atoms with Gasteiger partial charge in [0.2, 0.25) is 0 Å². The maximum absolute atomic E-state index is 5.07. The maximum atomic E-state index is 5.07. The van der Waals surface area contributed by atoms with Gasteiger partial charge in [0, 0.05) is 34.3 Å². The first-order valence-electron chi connectivity index (χ1n) is 13.1. The van der Waals surface area contributed by atoms with Gasteiger partial charge in [0.15, 0.2) is 0 Å². The zero-order valence-corrected chi connectivity index (χ0v) is 22.1. The van der Waals surface area contributed by atoms with E-state index >= 15 is 0 Å². The van der Waals surface area contributed by atoms with E-state index in [1.165, 1.54) is 4.70 Å². The number of rotatable bonds is 4. The third kappa shape index (κ3) is 3.77. The molecule has 3 aromatic carbocycles. The van der Waals surface area contributed by atoms with Crippen molar-refractivity contribution in [1.29, 1.82) is 0 Å². The lowest BCUT2D eigenvalue weighted by Crippen LogP contribution is -1.99. The van der Waals surface area contributed by atoms with Crippen LogP contribution in [0.4, 0.5) is 0 Å². The van der Waals surface area contributed by atoms with Crippen LogP contribution in [0.2, 0.25) is 0 Å². The van der Waals surface area contributed by atoms with E-state index in [0.717, 1.165) is 66.4 Å². The molecule has 8 rings (SSSR count). The number of nitrogens with zero attached hydrogens (tertiary/aromatic N) is 5. The largest absolute Gasteiger partial charge is 0.294 e. The van der Waals surface area contributed by atoms with Crippen molar-refractivity contribution in [3.63, 3.8) is 0 Å². The summed E-state index contributed by atoms with van der Waals surface area (Å²) in [5.41, 5.74) is 7.94. The minimum absolute atomic E-state index is 0.824. The SMILES string of the molecule is c1cc(-c2ccc(-c3nc4ccccc4s3)cc2)nc(-c2cccc(-n3c4ccccc4c4cnccc43)n2)c1. The van der Waals surface area contributed by atoms with Gasteiger partial charge < -0.3 is 0 Å². The molecule has 0 aliphatic heterocycles. The van der Waals surface area contributed by atoms with Crippen LogP contribution in [0.3, 0.4) is 0 Å². The summed E-state index contributed by atoms with van der Waals surface area (Å²) in [5, 5.41) is 3.29. The van der Waals surface area contributed by atoms with Crippen LogP contribution in [0.15, 0.2) is 128 Å². The highest BCUT2D eigenvalue weighted by Gasteiger charge is 2.14. The molecule has 8 aromatic rings. The van der Waals surface area contributed by atoms with Gasteiger partial charge in [0.1, 0.15) is 10.8 Å². The average molecular weight is 532 g/mol. The Morgan fingerprint density at radius 1 is 0.525 bits per heavy atom. The number of para-hydroxylation sites is 2. The number of fused-ring (bicyclic) bond motifs is 4. The molecular weight excluding hydrogens is 510 g/mol. The lowest BCUT2D eigenvalue weighted by Gasteiger charge is -2.10. The van der Waals surface area contributed by atoms with Crippen LogP contribution in [-0.2, 0) is 0 Å². The molecular formula is C34H21N5S. The van der Waals surface area contributed by atoms with Gasteiger partial charge in [-0.25, -0.2) is 15.0 Å². The van der Waals surface area contributed by atoms with Gasteiger partial charge in [-0.1, -0.05) is 66.7 Å². The molecule has 0 aliphatic rings. The molecule has 0 saturated heterocycles. The molecule has 0 radical (unpaired) electrons.